The molecule has 0 aliphatic heterocycles. The van der Waals surface area contributed by atoms with Gasteiger partial charge in [-0.25, -0.2) is 0 Å². The number of aryl methyl sites for hydroxylation is 1. The lowest BCUT2D eigenvalue weighted by Crippen LogP contribution is -1.92. The van der Waals surface area contributed by atoms with Gasteiger partial charge in [0.1, 0.15) is 0 Å². The fraction of sp³-hybridized carbons (Fsp3) is 0.0769. The van der Waals surface area contributed by atoms with E-state index in [4.69, 9.17) is 23.2 Å². The number of nitro benzene ring substituents is 1. The number of nitrogens with zero attached hydrogens (tertiary/aromatic N) is 1. The minimum atomic E-state index is -0.400. The average Bonchev–Trinajstić information content (AvgIpc) is 2.30. The highest BCUT2D eigenvalue weighted by atomic mass is 35.5. The largest absolute Gasteiger partial charge is 0.272 e. The van der Waals surface area contributed by atoms with Crippen molar-refractivity contribution in [3.05, 3.63) is 62.1 Å². The van der Waals surface area contributed by atoms with Gasteiger partial charge in [-0.1, -0.05) is 41.4 Å². The van der Waals surface area contributed by atoms with Gasteiger partial charge in [0.05, 0.1) is 4.92 Å². The predicted molar refractivity (Wildman–Crippen MR) is 73.3 cm³/mol. The van der Waals surface area contributed by atoms with Crippen LogP contribution in [-0.2, 0) is 0 Å². The molecule has 0 spiro atoms. The van der Waals surface area contributed by atoms with Gasteiger partial charge in [0.25, 0.3) is 5.69 Å². The molecule has 0 fully saturated rings. The van der Waals surface area contributed by atoms with Crippen LogP contribution in [0, 0.1) is 17.0 Å². The minimum Gasteiger partial charge on any atom is -0.258 e. The quantitative estimate of drug-likeness (QED) is 0.582. The smallest absolute Gasteiger partial charge is 0.258 e. The Bertz CT molecular complexity index is 626. The van der Waals surface area contributed by atoms with Gasteiger partial charge in [0.2, 0.25) is 0 Å². The van der Waals surface area contributed by atoms with Crippen LogP contribution in [0.1, 0.15) is 5.56 Å². The molecule has 0 unspecified atom stereocenters. The van der Waals surface area contributed by atoms with Gasteiger partial charge in [-0.3, -0.25) is 10.1 Å². The van der Waals surface area contributed by atoms with Crippen molar-refractivity contribution < 1.29 is 4.92 Å². The van der Waals surface area contributed by atoms with Crippen molar-refractivity contribution in [1.82, 2.24) is 0 Å². The number of hydrogen-bond donors (Lipinski definition) is 0. The van der Waals surface area contributed by atoms with Gasteiger partial charge in [-0.05, 0) is 24.6 Å². The van der Waals surface area contributed by atoms with Crippen LogP contribution in [0.5, 0.6) is 0 Å². The van der Waals surface area contributed by atoms with Crippen LogP contribution in [0.15, 0.2) is 36.4 Å². The standard InChI is InChI=1S/C13H9Cl2NO2/c1-8-2-3-9(6-13(8)16(17)18)11-5-4-10(14)7-12(11)15/h2-7H,1H3. The summed E-state index contributed by atoms with van der Waals surface area (Å²) in [5.41, 5.74) is 2.13. The van der Waals surface area contributed by atoms with Crippen LogP contribution in [0.2, 0.25) is 10.0 Å². The van der Waals surface area contributed by atoms with Crippen molar-refractivity contribution in [3.8, 4) is 11.1 Å². The summed E-state index contributed by atoms with van der Waals surface area (Å²) in [7, 11) is 0. The zero-order chi connectivity index (χ0) is 13.3. The fourth-order valence-electron chi connectivity index (χ4n) is 1.70. The molecule has 0 saturated heterocycles. The van der Waals surface area contributed by atoms with Gasteiger partial charge >= 0.3 is 0 Å². The van der Waals surface area contributed by atoms with Crippen molar-refractivity contribution in [2.45, 2.75) is 6.92 Å². The molecule has 2 aromatic rings. The summed E-state index contributed by atoms with van der Waals surface area (Å²) in [5.74, 6) is 0. The van der Waals surface area contributed by atoms with E-state index in [1.165, 1.54) is 6.07 Å². The van der Waals surface area contributed by atoms with E-state index in [9.17, 15) is 10.1 Å². The molecule has 0 N–H and O–H groups in total. The van der Waals surface area contributed by atoms with Crippen LogP contribution in [-0.4, -0.2) is 4.92 Å². The van der Waals surface area contributed by atoms with E-state index in [1.807, 2.05) is 0 Å². The Kier molecular flexibility index (Phi) is 3.55. The average molecular weight is 282 g/mol. The number of benzene rings is 2. The van der Waals surface area contributed by atoms with Gasteiger partial charge in [0.15, 0.2) is 0 Å². The summed E-state index contributed by atoms with van der Waals surface area (Å²) in [6, 6.07) is 10.1. The molecule has 92 valence electrons. The first-order chi connectivity index (χ1) is 8.49. The molecule has 2 aromatic carbocycles. The normalized spacial score (nSPS) is 10.4. The Balaban J connectivity index is 2.58. The van der Waals surface area contributed by atoms with Gasteiger partial charge in [-0.2, -0.15) is 0 Å². The lowest BCUT2D eigenvalue weighted by molar-refractivity contribution is -0.385. The topological polar surface area (TPSA) is 43.1 Å². The zero-order valence-corrected chi connectivity index (χ0v) is 11.0. The number of rotatable bonds is 2. The van der Waals surface area contributed by atoms with Gasteiger partial charge in [0, 0.05) is 27.2 Å². The van der Waals surface area contributed by atoms with E-state index in [1.54, 1.807) is 37.3 Å². The molecule has 18 heavy (non-hydrogen) atoms. The summed E-state index contributed by atoms with van der Waals surface area (Å²) >= 11 is 11.9. The maximum absolute atomic E-state index is 10.9. The van der Waals surface area contributed by atoms with Crippen LogP contribution in [0.3, 0.4) is 0 Å². The van der Waals surface area contributed by atoms with Crippen molar-refractivity contribution in [2.75, 3.05) is 0 Å². The molecule has 2 rings (SSSR count). The first kappa shape index (κ1) is 12.9. The Morgan fingerprint density at radius 2 is 1.83 bits per heavy atom. The third-order valence-electron chi connectivity index (χ3n) is 2.65. The lowest BCUT2D eigenvalue weighted by Gasteiger charge is -2.06. The summed E-state index contributed by atoms with van der Waals surface area (Å²) in [6.45, 7) is 1.70. The third-order valence-corrected chi connectivity index (χ3v) is 3.20. The molecule has 0 aromatic heterocycles. The van der Waals surface area contributed by atoms with Crippen molar-refractivity contribution in [2.24, 2.45) is 0 Å². The Labute approximate surface area is 114 Å². The van der Waals surface area contributed by atoms with Gasteiger partial charge in [-0.15, -0.1) is 0 Å². The van der Waals surface area contributed by atoms with Crippen LogP contribution < -0.4 is 0 Å². The van der Waals surface area contributed by atoms with Crippen LogP contribution in [0.4, 0.5) is 5.69 Å². The molecule has 0 radical (unpaired) electrons. The molecule has 0 bridgehead atoms. The van der Waals surface area contributed by atoms with Crippen molar-refractivity contribution in [1.29, 1.82) is 0 Å². The molecule has 3 nitrogen and oxygen atoms in total. The summed E-state index contributed by atoms with van der Waals surface area (Å²) in [5, 5.41) is 11.9. The maximum Gasteiger partial charge on any atom is 0.272 e. The second-order valence-corrected chi connectivity index (χ2v) is 4.73. The number of halogens is 2. The Morgan fingerprint density at radius 1 is 1.11 bits per heavy atom. The molecular weight excluding hydrogens is 273 g/mol. The summed E-state index contributed by atoms with van der Waals surface area (Å²) in [6.07, 6.45) is 0. The molecule has 0 amide bonds. The molecule has 0 aliphatic rings. The highest BCUT2D eigenvalue weighted by Gasteiger charge is 2.13. The zero-order valence-electron chi connectivity index (χ0n) is 9.48. The van der Waals surface area contributed by atoms with Crippen LogP contribution in [0.25, 0.3) is 11.1 Å². The highest BCUT2D eigenvalue weighted by molar-refractivity contribution is 6.36. The SMILES string of the molecule is Cc1ccc(-c2ccc(Cl)cc2Cl)cc1[N+](=O)[O-]. The predicted octanol–water partition coefficient (Wildman–Crippen LogP) is 4.88. The minimum absolute atomic E-state index is 0.0820. The van der Waals surface area contributed by atoms with E-state index in [0.29, 0.717) is 21.2 Å². The first-order valence-corrected chi connectivity index (χ1v) is 5.95. The van der Waals surface area contributed by atoms with E-state index in [2.05, 4.69) is 0 Å². The second-order valence-electron chi connectivity index (χ2n) is 3.88. The van der Waals surface area contributed by atoms with E-state index in [-0.39, 0.29) is 5.69 Å². The molecule has 5 heteroatoms. The highest BCUT2D eigenvalue weighted by Crippen LogP contribution is 2.33. The van der Waals surface area contributed by atoms with Crippen LogP contribution >= 0.6 is 23.2 Å². The Morgan fingerprint density at radius 3 is 2.44 bits per heavy atom. The summed E-state index contributed by atoms with van der Waals surface area (Å²) < 4.78 is 0. The van der Waals surface area contributed by atoms with E-state index in [0.717, 1.165) is 5.56 Å². The molecule has 0 atom stereocenters. The molecule has 0 aliphatic carbocycles. The van der Waals surface area contributed by atoms with Crippen molar-refractivity contribution in [3.63, 3.8) is 0 Å². The lowest BCUT2D eigenvalue weighted by atomic mass is 10.0. The Hall–Kier alpha value is -1.58. The molecule has 0 saturated carbocycles. The van der Waals surface area contributed by atoms with Gasteiger partial charge < -0.3 is 0 Å². The third kappa shape index (κ3) is 2.47. The summed E-state index contributed by atoms with van der Waals surface area (Å²) in [4.78, 5) is 10.5. The fourth-order valence-corrected chi connectivity index (χ4v) is 2.21. The first-order valence-electron chi connectivity index (χ1n) is 5.19. The maximum atomic E-state index is 10.9. The molecular formula is C13H9Cl2NO2. The number of hydrogen-bond acceptors (Lipinski definition) is 2. The molecule has 0 heterocycles. The van der Waals surface area contributed by atoms with Crippen molar-refractivity contribution >= 4 is 28.9 Å². The van der Waals surface area contributed by atoms with E-state index >= 15 is 0 Å². The number of nitro groups is 1. The second kappa shape index (κ2) is 4.96. The van der Waals surface area contributed by atoms with E-state index < -0.39 is 4.92 Å². The monoisotopic (exact) mass is 281 g/mol.